The Balaban J connectivity index is 2.70. The Bertz CT molecular complexity index is 472. The molecule has 0 aliphatic heterocycles. The van der Waals surface area contributed by atoms with E-state index in [9.17, 15) is 9.59 Å². The molecule has 0 radical (unpaired) electrons. The van der Waals surface area contributed by atoms with Crippen LogP contribution in [0.15, 0.2) is 30.3 Å². The third kappa shape index (κ3) is 4.86. The molecular formula is C16H25N3O2. The van der Waals surface area contributed by atoms with Crippen LogP contribution in [0.25, 0.3) is 0 Å². The lowest BCUT2D eigenvalue weighted by Crippen LogP contribution is -2.50. The van der Waals surface area contributed by atoms with Crippen molar-refractivity contribution in [2.24, 2.45) is 5.73 Å². The molecule has 4 N–H and O–H groups in total. The Morgan fingerprint density at radius 3 is 2.33 bits per heavy atom. The topological polar surface area (TPSA) is 84.2 Å². The SMILES string of the molecule is CCC(NC(=O)CNC(=O)CN)C(C)(C)c1ccccc1. The zero-order valence-corrected chi connectivity index (χ0v) is 13.0. The predicted molar refractivity (Wildman–Crippen MR) is 83.8 cm³/mol. The molecule has 2 amide bonds. The van der Waals surface area contributed by atoms with Crippen LogP contribution in [0, 0.1) is 0 Å². The van der Waals surface area contributed by atoms with Gasteiger partial charge in [0.25, 0.3) is 0 Å². The highest BCUT2D eigenvalue weighted by Crippen LogP contribution is 2.28. The van der Waals surface area contributed by atoms with E-state index in [1.165, 1.54) is 5.56 Å². The summed E-state index contributed by atoms with van der Waals surface area (Å²) in [4.78, 5) is 23.0. The van der Waals surface area contributed by atoms with Crippen molar-refractivity contribution in [2.75, 3.05) is 13.1 Å². The van der Waals surface area contributed by atoms with Gasteiger partial charge in [-0.15, -0.1) is 0 Å². The molecule has 1 rings (SSSR count). The van der Waals surface area contributed by atoms with E-state index in [1.807, 2.05) is 25.1 Å². The third-order valence-corrected chi connectivity index (χ3v) is 3.76. The molecule has 1 aromatic carbocycles. The van der Waals surface area contributed by atoms with Crippen LogP contribution in [0.5, 0.6) is 0 Å². The van der Waals surface area contributed by atoms with Gasteiger partial charge in [-0.25, -0.2) is 0 Å². The summed E-state index contributed by atoms with van der Waals surface area (Å²) < 4.78 is 0. The lowest BCUT2D eigenvalue weighted by Gasteiger charge is -2.35. The minimum absolute atomic E-state index is 0.0119. The van der Waals surface area contributed by atoms with Crippen LogP contribution in [0.3, 0.4) is 0 Å². The fourth-order valence-corrected chi connectivity index (χ4v) is 2.36. The summed E-state index contributed by atoms with van der Waals surface area (Å²) in [6.45, 7) is 6.09. The maximum atomic E-state index is 11.9. The van der Waals surface area contributed by atoms with E-state index < -0.39 is 0 Å². The summed E-state index contributed by atoms with van der Waals surface area (Å²) in [7, 11) is 0. The lowest BCUT2D eigenvalue weighted by atomic mass is 9.76. The fourth-order valence-electron chi connectivity index (χ4n) is 2.36. The highest BCUT2D eigenvalue weighted by molar-refractivity contribution is 5.85. The smallest absolute Gasteiger partial charge is 0.239 e. The number of benzene rings is 1. The number of hydrogen-bond acceptors (Lipinski definition) is 3. The van der Waals surface area contributed by atoms with Crippen LogP contribution in [0.2, 0.25) is 0 Å². The molecule has 0 heterocycles. The van der Waals surface area contributed by atoms with Gasteiger partial charge >= 0.3 is 0 Å². The zero-order valence-electron chi connectivity index (χ0n) is 13.0. The maximum absolute atomic E-state index is 11.9. The van der Waals surface area contributed by atoms with Gasteiger partial charge in [-0.2, -0.15) is 0 Å². The molecule has 1 unspecified atom stereocenters. The molecule has 0 bridgehead atoms. The Kier molecular flexibility index (Phi) is 6.37. The lowest BCUT2D eigenvalue weighted by molar-refractivity contribution is -0.126. The molecule has 0 aliphatic carbocycles. The number of carbonyl (C=O) groups excluding carboxylic acids is 2. The van der Waals surface area contributed by atoms with Crippen molar-refractivity contribution in [1.29, 1.82) is 0 Å². The van der Waals surface area contributed by atoms with Gasteiger partial charge in [0.2, 0.25) is 11.8 Å². The minimum atomic E-state index is -0.333. The molecule has 21 heavy (non-hydrogen) atoms. The van der Waals surface area contributed by atoms with Gasteiger partial charge in [0.15, 0.2) is 0 Å². The van der Waals surface area contributed by atoms with Gasteiger partial charge in [-0.1, -0.05) is 51.1 Å². The largest absolute Gasteiger partial charge is 0.351 e. The quantitative estimate of drug-likeness (QED) is 0.699. The van der Waals surface area contributed by atoms with Crippen LogP contribution in [-0.2, 0) is 15.0 Å². The molecular weight excluding hydrogens is 266 g/mol. The second-order valence-corrected chi connectivity index (χ2v) is 5.60. The Hall–Kier alpha value is -1.88. The third-order valence-electron chi connectivity index (χ3n) is 3.76. The van der Waals surface area contributed by atoms with Crippen molar-refractivity contribution in [3.8, 4) is 0 Å². The molecule has 5 heteroatoms. The van der Waals surface area contributed by atoms with Gasteiger partial charge in [-0.05, 0) is 12.0 Å². The van der Waals surface area contributed by atoms with Gasteiger partial charge in [0.1, 0.15) is 0 Å². The monoisotopic (exact) mass is 291 g/mol. The molecule has 0 fully saturated rings. The van der Waals surface area contributed by atoms with Gasteiger partial charge < -0.3 is 16.4 Å². The van der Waals surface area contributed by atoms with Crippen molar-refractivity contribution < 1.29 is 9.59 Å². The minimum Gasteiger partial charge on any atom is -0.351 e. The summed E-state index contributed by atoms with van der Waals surface area (Å²) in [5, 5.41) is 5.47. The first-order valence-corrected chi connectivity index (χ1v) is 7.23. The normalized spacial score (nSPS) is 12.6. The second kappa shape index (κ2) is 7.78. The van der Waals surface area contributed by atoms with Crippen molar-refractivity contribution in [1.82, 2.24) is 10.6 Å². The highest BCUT2D eigenvalue weighted by atomic mass is 16.2. The van der Waals surface area contributed by atoms with Crippen molar-refractivity contribution in [3.05, 3.63) is 35.9 Å². The van der Waals surface area contributed by atoms with E-state index in [2.05, 4.69) is 36.6 Å². The molecule has 0 aliphatic rings. The van der Waals surface area contributed by atoms with E-state index in [1.54, 1.807) is 0 Å². The molecule has 116 valence electrons. The van der Waals surface area contributed by atoms with Crippen LogP contribution in [0.4, 0.5) is 0 Å². The van der Waals surface area contributed by atoms with E-state index >= 15 is 0 Å². The van der Waals surface area contributed by atoms with Crippen molar-refractivity contribution in [3.63, 3.8) is 0 Å². The number of rotatable bonds is 7. The first-order chi connectivity index (χ1) is 9.91. The average molecular weight is 291 g/mol. The summed E-state index contributed by atoms with van der Waals surface area (Å²) >= 11 is 0. The number of amides is 2. The number of hydrogen-bond donors (Lipinski definition) is 3. The zero-order chi connectivity index (χ0) is 15.9. The molecule has 0 saturated carbocycles. The molecule has 1 atom stereocenters. The summed E-state index contributed by atoms with van der Waals surface area (Å²) in [6.07, 6.45) is 0.804. The molecule has 1 aromatic rings. The highest BCUT2D eigenvalue weighted by Gasteiger charge is 2.31. The first-order valence-electron chi connectivity index (χ1n) is 7.23. The van der Waals surface area contributed by atoms with E-state index in [0.29, 0.717) is 0 Å². The fraction of sp³-hybridized carbons (Fsp3) is 0.500. The molecule has 5 nitrogen and oxygen atoms in total. The van der Waals surface area contributed by atoms with Gasteiger partial charge in [0.05, 0.1) is 13.1 Å². The van der Waals surface area contributed by atoms with Gasteiger partial charge in [0, 0.05) is 11.5 Å². The van der Waals surface area contributed by atoms with E-state index in [4.69, 9.17) is 5.73 Å². The number of nitrogens with two attached hydrogens (primary N) is 1. The van der Waals surface area contributed by atoms with Gasteiger partial charge in [-0.3, -0.25) is 9.59 Å². The van der Waals surface area contributed by atoms with Crippen LogP contribution >= 0.6 is 0 Å². The maximum Gasteiger partial charge on any atom is 0.239 e. The molecule has 0 saturated heterocycles. The number of carbonyl (C=O) groups is 2. The van der Waals surface area contributed by atoms with E-state index in [0.717, 1.165) is 6.42 Å². The Morgan fingerprint density at radius 2 is 1.81 bits per heavy atom. The predicted octanol–water partition coefficient (Wildman–Crippen LogP) is 0.934. The van der Waals surface area contributed by atoms with Crippen molar-refractivity contribution >= 4 is 11.8 Å². The summed E-state index contributed by atoms with van der Waals surface area (Å²) in [5.74, 6) is -0.534. The molecule has 0 spiro atoms. The molecule has 0 aromatic heterocycles. The summed E-state index contributed by atoms with van der Waals surface area (Å²) in [6, 6.07) is 10.1. The Morgan fingerprint density at radius 1 is 1.19 bits per heavy atom. The van der Waals surface area contributed by atoms with Crippen LogP contribution < -0.4 is 16.4 Å². The second-order valence-electron chi connectivity index (χ2n) is 5.60. The Labute approximate surface area is 126 Å². The van der Waals surface area contributed by atoms with Crippen LogP contribution in [0.1, 0.15) is 32.8 Å². The van der Waals surface area contributed by atoms with E-state index in [-0.39, 0.29) is 36.4 Å². The number of nitrogens with one attached hydrogen (secondary N) is 2. The van der Waals surface area contributed by atoms with Crippen LogP contribution in [-0.4, -0.2) is 30.9 Å². The first kappa shape index (κ1) is 17.2. The standard InChI is InChI=1S/C16H25N3O2/c1-4-13(19-15(21)11-18-14(20)10-17)16(2,3)12-8-6-5-7-9-12/h5-9,13H,4,10-11,17H2,1-3H3,(H,18,20)(H,19,21). The average Bonchev–Trinajstić information content (AvgIpc) is 2.50. The van der Waals surface area contributed by atoms with Crippen molar-refractivity contribution in [2.45, 2.75) is 38.6 Å². The summed E-state index contributed by atoms with van der Waals surface area (Å²) in [5.41, 5.74) is 6.17.